The van der Waals surface area contributed by atoms with Crippen LogP contribution >= 0.6 is 0 Å². The molecular formula is C26H38N5O6+. The maximum absolute atomic E-state index is 13.3. The molecule has 2 heterocycles. The molecule has 0 radical (unpaired) electrons. The highest BCUT2D eigenvalue weighted by Gasteiger charge is 2.28. The van der Waals surface area contributed by atoms with Gasteiger partial charge in [0.05, 0.1) is 18.6 Å². The Morgan fingerprint density at radius 3 is 2.62 bits per heavy atom. The molecule has 2 amide bonds. The van der Waals surface area contributed by atoms with Crippen molar-refractivity contribution in [2.75, 3.05) is 19.8 Å². The van der Waals surface area contributed by atoms with Crippen LogP contribution in [-0.2, 0) is 30.3 Å². The summed E-state index contributed by atoms with van der Waals surface area (Å²) in [6.07, 6.45) is 6.10. The van der Waals surface area contributed by atoms with Crippen LogP contribution in [0.4, 0.5) is 0 Å². The third-order valence-electron chi connectivity index (χ3n) is 5.90. The van der Waals surface area contributed by atoms with E-state index in [0.717, 1.165) is 5.56 Å². The molecule has 0 spiro atoms. The molecule has 3 atom stereocenters. The Kier molecular flexibility index (Phi) is 12.7. The predicted octanol–water partition coefficient (Wildman–Crippen LogP) is -1.17. The van der Waals surface area contributed by atoms with Crippen molar-refractivity contribution in [3.63, 3.8) is 0 Å². The Bertz CT molecular complexity index is 959. The number of fused-ring (bicyclic) bond motifs is 13. The number of Topliss-reactive ketones (excluding diaryl/α,β-unsaturated/α-hetero) is 1. The third kappa shape index (κ3) is 11.6. The molecule has 2 bridgehead atoms. The summed E-state index contributed by atoms with van der Waals surface area (Å²) in [7, 11) is 0. The summed E-state index contributed by atoms with van der Waals surface area (Å²) in [5.74, 6) is -0.728. The van der Waals surface area contributed by atoms with Crippen molar-refractivity contribution in [2.45, 2.75) is 57.5 Å². The highest BCUT2D eigenvalue weighted by molar-refractivity contribution is 5.92. The number of ether oxygens (including phenoxy) is 2. The summed E-state index contributed by atoms with van der Waals surface area (Å²) < 4.78 is 10.6. The summed E-state index contributed by atoms with van der Waals surface area (Å²) in [4.78, 5) is 52.1. The van der Waals surface area contributed by atoms with Gasteiger partial charge in [0.2, 0.25) is 11.8 Å². The zero-order chi connectivity index (χ0) is 27.0. The first-order chi connectivity index (χ1) is 17.8. The summed E-state index contributed by atoms with van der Waals surface area (Å²) in [6.45, 7) is 2.54. The summed E-state index contributed by atoms with van der Waals surface area (Å²) in [5, 5.41) is 5.64. The van der Waals surface area contributed by atoms with Gasteiger partial charge in [0.1, 0.15) is 19.0 Å². The summed E-state index contributed by atoms with van der Waals surface area (Å²) in [5.41, 5.74) is 11.7. The second-order valence-corrected chi connectivity index (χ2v) is 9.00. The lowest BCUT2D eigenvalue weighted by atomic mass is 9.90. The van der Waals surface area contributed by atoms with Gasteiger partial charge in [0.15, 0.2) is 5.78 Å². The zero-order valence-corrected chi connectivity index (χ0v) is 21.2. The van der Waals surface area contributed by atoms with E-state index >= 15 is 0 Å². The monoisotopic (exact) mass is 516 g/mol. The molecule has 2 aliphatic heterocycles. The van der Waals surface area contributed by atoms with Gasteiger partial charge in [-0.1, -0.05) is 24.3 Å². The Labute approximate surface area is 217 Å². The first-order valence-corrected chi connectivity index (χ1v) is 12.4. The number of unbranched alkanes of at least 4 members (excludes halogenated alkanes) is 1. The van der Waals surface area contributed by atoms with Crippen molar-refractivity contribution in [2.24, 2.45) is 17.4 Å². The maximum Gasteiger partial charge on any atom is 0.338 e. The van der Waals surface area contributed by atoms with Gasteiger partial charge in [-0.3, -0.25) is 35.6 Å². The molecule has 0 aromatic heterocycles. The van der Waals surface area contributed by atoms with E-state index in [1.54, 1.807) is 0 Å². The van der Waals surface area contributed by atoms with Crippen LogP contribution in [0.15, 0.2) is 36.4 Å². The molecule has 2 aliphatic rings. The third-order valence-corrected chi connectivity index (χ3v) is 5.90. The van der Waals surface area contributed by atoms with Crippen LogP contribution in [0.5, 0.6) is 5.75 Å². The highest BCUT2D eigenvalue weighted by Crippen LogP contribution is 2.19. The molecule has 0 unspecified atom stereocenters. The smallest absolute Gasteiger partial charge is 0.338 e. The minimum absolute atomic E-state index is 0.00762. The van der Waals surface area contributed by atoms with E-state index in [1.807, 2.05) is 36.4 Å². The largest absolute Gasteiger partial charge is 0.490 e. The number of guanidine groups is 1. The molecule has 7 N–H and O–H groups in total. The minimum atomic E-state index is -0.778. The number of benzene rings is 1. The topological polar surface area (TPSA) is 177 Å². The van der Waals surface area contributed by atoms with Crippen LogP contribution in [0.1, 0.15) is 44.6 Å². The van der Waals surface area contributed by atoms with E-state index in [4.69, 9.17) is 20.9 Å². The molecule has 0 aliphatic carbocycles. The SMILES string of the molecule is CC(=O)N[C@H]1Cc2ccc(cc2)OC/C=C\C[C@@H](COC=O)NC(=O)[C@H](CCCC[NH+]=C(N)N)CC1=O. The molecule has 1 aromatic rings. The lowest BCUT2D eigenvalue weighted by Gasteiger charge is -2.23. The average Bonchev–Trinajstić information content (AvgIpc) is 2.85. The van der Waals surface area contributed by atoms with E-state index in [0.29, 0.717) is 51.1 Å². The zero-order valence-electron chi connectivity index (χ0n) is 21.2. The van der Waals surface area contributed by atoms with Crippen molar-refractivity contribution in [1.29, 1.82) is 0 Å². The standard InChI is InChI=1S/C26H37N5O6/c1-18(33)30-23-14-19-8-10-22(11-9-19)37-13-5-3-7-21(16-36-17-32)31-25(35)20(15-24(23)34)6-2-4-12-29-26(27)28/h3,5,8-11,17,20-21,23H,2,4,6-7,12-16H2,1H3,(H,30,33)(H,31,35)(H4,27,28,29)/p+1/b5-3-/t20-,21+,23+/m1/s1. The molecule has 11 nitrogen and oxygen atoms in total. The first kappa shape index (κ1) is 29.3. The van der Waals surface area contributed by atoms with Crippen molar-refractivity contribution in [3.05, 3.63) is 42.0 Å². The predicted molar refractivity (Wildman–Crippen MR) is 137 cm³/mol. The van der Waals surface area contributed by atoms with Crippen molar-refractivity contribution < 1.29 is 33.6 Å². The molecular weight excluding hydrogens is 478 g/mol. The molecule has 202 valence electrons. The lowest BCUT2D eigenvalue weighted by molar-refractivity contribution is -0.459. The second kappa shape index (κ2) is 16.0. The van der Waals surface area contributed by atoms with Crippen LogP contribution in [-0.4, -0.2) is 61.9 Å². The van der Waals surface area contributed by atoms with E-state index in [-0.39, 0.29) is 43.0 Å². The van der Waals surface area contributed by atoms with Crippen LogP contribution in [0.2, 0.25) is 0 Å². The molecule has 0 saturated carbocycles. The average molecular weight is 517 g/mol. The van der Waals surface area contributed by atoms with Crippen LogP contribution in [0.3, 0.4) is 0 Å². The van der Waals surface area contributed by atoms with E-state index < -0.39 is 18.0 Å². The molecule has 0 saturated heterocycles. The van der Waals surface area contributed by atoms with Gasteiger partial charge in [-0.25, -0.2) is 0 Å². The molecule has 0 fully saturated rings. The Balaban J connectivity index is 2.28. The van der Waals surface area contributed by atoms with Gasteiger partial charge >= 0.3 is 5.96 Å². The number of nitrogens with two attached hydrogens (primary N) is 2. The van der Waals surface area contributed by atoms with Crippen molar-refractivity contribution in [3.8, 4) is 5.75 Å². The summed E-state index contributed by atoms with van der Waals surface area (Å²) in [6, 6.07) is 6.07. The van der Waals surface area contributed by atoms with Gasteiger partial charge in [-0.2, -0.15) is 0 Å². The van der Waals surface area contributed by atoms with Gasteiger partial charge in [0, 0.05) is 19.3 Å². The number of rotatable bonds is 9. The van der Waals surface area contributed by atoms with Gasteiger partial charge in [-0.15, -0.1) is 0 Å². The Morgan fingerprint density at radius 1 is 1.19 bits per heavy atom. The van der Waals surface area contributed by atoms with Gasteiger partial charge in [-0.05, 0) is 49.8 Å². The van der Waals surface area contributed by atoms with Gasteiger partial charge in [0.25, 0.3) is 6.47 Å². The Morgan fingerprint density at radius 2 is 1.95 bits per heavy atom. The molecule has 3 rings (SSSR count). The Hall–Kier alpha value is -3.89. The van der Waals surface area contributed by atoms with E-state index in [9.17, 15) is 19.2 Å². The maximum atomic E-state index is 13.3. The molecule has 1 aromatic carbocycles. The molecule has 11 heteroatoms. The van der Waals surface area contributed by atoms with Crippen LogP contribution in [0, 0.1) is 5.92 Å². The number of hydrogen-bond donors (Lipinski definition) is 5. The number of hydrogen-bond acceptors (Lipinski definition) is 6. The lowest BCUT2D eigenvalue weighted by Crippen LogP contribution is -2.78. The fourth-order valence-electron chi connectivity index (χ4n) is 4.02. The number of nitrogens with one attached hydrogen (secondary N) is 3. The highest BCUT2D eigenvalue weighted by atomic mass is 16.5. The van der Waals surface area contributed by atoms with Crippen molar-refractivity contribution >= 4 is 30.0 Å². The van der Waals surface area contributed by atoms with E-state index in [2.05, 4.69) is 15.6 Å². The number of carbonyl (C=O) groups is 4. The minimum Gasteiger partial charge on any atom is -0.490 e. The second-order valence-electron chi connectivity index (χ2n) is 9.00. The van der Waals surface area contributed by atoms with E-state index in [1.165, 1.54) is 6.92 Å². The van der Waals surface area contributed by atoms with Crippen molar-refractivity contribution in [1.82, 2.24) is 10.6 Å². The fraction of sp³-hybridized carbons (Fsp3) is 0.500. The number of amides is 2. The molecule has 37 heavy (non-hydrogen) atoms. The normalized spacial score (nSPS) is 21.6. The van der Waals surface area contributed by atoms with Gasteiger partial charge < -0.3 is 20.1 Å². The number of carbonyl (C=O) groups excluding carboxylic acids is 4. The van der Waals surface area contributed by atoms with Crippen LogP contribution < -0.4 is 31.8 Å². The number of ketones is 1. The first-order valence-electron chi connectivity index (χ1n) is 12.4. The quantitative estimate of drug-likeness (QED) is 0.0896. The summed E-state index contributed by atoms with van der Waals surface area (Å²) >= 11 is 0. The van der Waals surface area contributed by atoms with Crippen LogP contribution in [0.25, 0.3) is 0 Å². The fourth-order valence-corrected chi connectivity index (χ4v) is 4.02.